The molecule has 0 aliphatic carbocycles. The Hall–Kier alpha value is -2.53. The second-order valence-corrected chi connectivity index (χ2v) is 7.68. The number of benzene rings is 2. The van der Waals surface area contributed by atoms with Crippen LogP contribution in [0.5, 0.6) is 0 Å². The zero-order chi connectivity index (χ0) is 18.1. The first kappa shape index (κ1) is 16.9. The number of rotatable bonds is 4. The van der Waals surface area contributed by atoms with Gasteiger partial charge in [-0.15, -0.1) is 0 Å². The van der Waals surface area contributed by atoms with Crippen LogP contribution in [0.2, 0.25) is 0 Å². The van der Waals surface area contributed by atoms with Gasteiger partial charge in [0, 0.05) is 28.4 Å². The van der Waals surface area contributed by atoms with E-state index in [1.807, 2.05) is 23.9 Å². The summed E-state index contributed by atoms with van der Waals surface area (Å²) in [6.45, 7) is 6.32. The molecular weight excluding hydrogens is 340 g/mol. The van der Waals surface area contributed by atoms with Gasteiger partial charge in [0.15, 0.2) is 0 Å². The zero-order valence-corrected chi connectivity index (χ0v) is 16.1. The molecule has 3 aromatic rings. The molecule has 26 heavy (non-hydrogen) atoms. The summed E-state index contributed by atoms with van der Waals surface area (Å²) in [5, 5.41) is 6.92. The first-order chi connectivity index (χ1) is 12.6. The predicted molar refractivity (Wildman–Crippen MR) is 111 cm³/mol. The van der Waals surface area contributed by atoms with Crippen molar-refractivity contribution in [2.24, 2.45) is 0 Å². The zero-order valence-electron chi connectivity index (χ0n) is 15.3. The van der Waals surface area contributed by atoms with E-state index in [0.29, 0.717) is 5.95 Å². The van der Waals surface area contributed by atoms with E-state index in [1.165, 1.54) is 22.3 Å². The number of aryl methyl sites for hydroxylation is 3. The van der Waals surface area contributed by atoms with Gasteiger partial charge < -0.3 is 10.6 Å². The standard InChI is InChI=1S/C21H22N4S/c1-13-8-9-18(15(3)10-13)22-20-16-11-26-12-19(16)24-21(25-20)23-17-7-5-4-6-14(17)2/h4-10H,11-12H2,1-3H3,(H2,22,23,24,25). The highest BCUT2D eigenvalue weighted by atomic mass is 32.2. The van der Waals surface area contributed by atoms with Gasteiger partial charge in [-0.25, -0.2) is 4.98 Å². The molecule has 0 amide bonds. The van der Waals surface area contributed by atoms with Crippen LogP contribution >= 0.6 is 11.8 Å². The van der Waals surface area contributed by atoms with Gasteiger partial charge >= 0.3 is 0 Å². The third-order valence-corrected chi connectivity index (χ3v) is 5.57. The molecule has 0 spiro atoms. The van der Waals surface area contributed by atoms with Crippen molar-refractivity contribution in [1.82, 2.24) is 9.97 Å². The molecule has 2 heterocycles. The van der Waals surface area contributed by atoms with Crippen molar-refractivity contribution >= 4 is 34.9 Å². The predicted octanol–water partition coefficient (Wildman–Crippen LogP) is 5.64. The number of anilines is 4. The van der Waals surface area contributed by atoms with Crippen LogP contribution in [0.25, 0.3) is 0 Å². The Morgan fingerprint density at radius 3 is 2.46 bits per heavy atom. The summed E-state index contributed by atoms with van der Waals surface area (Å²) in [6.07, 6.45) is 0. The SMILES string of the molecule is Cc1ccc(Nc2nc(Nc3ccccc3C)nc3c2CSC3)c(C)c1. The second-order valence-electron chi connectivity index (χ2n) is 6.70. The molecule has 2 aromatic carbocycles. The molecule has 1 aliphatic rings. The van der Waals surface area contributed by atoms with Crippen LogP contribution in [-0.4, -0.2) is 9.97 Å². The lowest BCUT2D eigenvalue weighted by Crippen LogP contribution is -2.07. The van der Waals surface area contributed by atoms with Crippen molar-refractivity contribution in [2.75, 3.05) is 10.6 Å². The number of aromatic nitrogens is 2. The van der Waals surface area contributed by atoms with Crippen molar-refractivity contribution in [3.05, 3.63) is 70.4 Å². The maximum atomic E-state index is 4.79. The topological polar surface area (TPSA) is 49.8 Å². The largest absolute Gasteiger partial charge is 0.340 e. The first-order valence-electron chi connectivity index (χ1n) is 8.74. The molecule has 0 saturated heterocycles. The highest BCUT2D eigenvalue weighted by Crippen LogP contribution is 2.36. The number of fused-ring (bicyclic) bond motifs is 1. The lowest BCUT2D eigenvalue weighted by molar-refractivity contribution is 1.07. The van der Waals surface area contributed by atoms with E-state index in [2.05, 4.69) is 61.7 Å². The van der Waals surface area contributed by atoms with Crippen molar-refractivity contribution in [1.29, 1.82) is 0 Å². The Morgan fingerprint density at radius 1 is 0.846 bits per heavy atom. The third-order valence-electron chi connectivity index (χ3n) is 4.60. The quantitative estimate of drug-likeness (QED) is 0.629. The van der Waals surface area contributed by atoms with Crippen LogP contribution in [0.4, 0.5) is 23.1 Å². The number of hydrogen-bond donors (Lipinski definition) is 2. The molecule has 132 valence electrons. The molecule has 4 nitrogen and oxygen atoms in total. The number of hydrogen-bond acceptors (Lipinski definition) is 5. The van der Waals surface area contributed by atoms with E-state index in [4.69, 9.17) is 9.97 Å². The number of para-hydroxylation sites is 1. The molecule has 0 unspecified atom stereocenters. The van der Waals surface area contributed by atoms with Crippen LogP contribution in [0.15, 0.2) is 42.5 Å². The van der Waals surface area contributed by atoms with Crippen LogP contribution < -0.4 is 10.6 Å². The molecule has 1 aromatic heterocycles. The van der Waals surface area contributed by atoms with E-state index in [1.54, 1.807) is 0 Å². The summed E-state index contributed by atoms with van der Waals surface area (Å²) in [7, 11) is 0. The minimum Gasteiger partial charge on any atom is -0.340 e. The highest BCUT2D eigenvalue weighted by Gasteiger charge is 2.20. The average molecular weight is 363 g/mol. The van der Waals surface area contributed by atoms with E-state index in [9.17, 15) is 0 Å². The van der Waals surface area contributed by atoms with Crippen molar-refractivity contribution in [3.8, 4) is 0 Å². The molecule has 0 saturated carbocycles. The summed E-state index contributed by atoms with van der Waals surface area (Å²) < 4.78 is 0. The average Bonchev–Trinajstić information content (AvgIpc) is 3.08. The van der Waals surface area contributed by atoms with Crippen LogP contribution in [-0.2, 0) is 11.5 Å². The van der Waals surface area contributed by atoms with Gasteiger partial charge in [0.25, 0.3) is 0 Å². The molecule has 5 heteroatoms. The molecule has 0 fully saturated rings. The fourth-order valence-corrected chi connectivity index (χ4v) is 4.17. The Balaban J connectivity index is 1.70. The molecule has 0 atom stereocenters. The van der Waals surface area contributed by atoms with Gasteiger partial charge in [0.1, 0.15) is 5.82 Å². The maximum absolute atomic E-state index is 4.79. The highest BCUT2D eigenvalue weighted by molar-refractivity contribution is 7.98. The van der Waals surface area contributed by atoms with Gasteiger partial charge in [-0.3, -0.25) is 0 Å². The fraction of sp³-hybridized carbons (Fsp3) is 0.238. The summed E-state index contributed by atoms with van der Waals surface area (Å²) in [5.74, 6) is 3.44. The lowest BCUT2D eigenvalue weighted by Gasteiger charge is -2.15. The fourth-order valence-electron chi connectivity index (χ4n) is 3.13. The molecular formula is C21H22N4S. The van der Waals surface area contributed by atoms with E-state index < -0.39 is 0 Å². The van der Waals surface area contributed by atoms with Crippen LogP contribution in [0.3, 0.4) is 0 Å². The summed E-state index contributed by atoms with van der Waals surface area (Å²) >= 11 is 1.88. The van der Waals surface area contributed by atoms with E-state index in [0.717, 1.165) is 34.4 Å². The first-order valence-corrected chi connectivity index (χ1v) is 9.90. The van der Waals surface area contributed by atoms with Gasteiger partial charge in [0.05, 0.1) is 5.69 Å². The number of nitrogens with one attached hydrogen (secondary N) is 2. The van der Waals surface area contributed by atoms with Crippen molar-refractivity contribution in [3.63, 3.8) is 0 Å². The molecule has 1 aliphatic heterocycles. The monoisotopic (exact) mass is 362 g/mol. The summed E-state index contributed by atoms with van der Waals surface area (Å²) in [6, 6.07) is 14.6. The summed E-state index contributed by atoms with van der Waals surface area (Å²) in [5.41, 5.74) is 8.12. The number of nitrogens with zero attached hydrogens (tertiary/aromatic N) is 2. The minimum absolute atomic E-state index is 0.646. The van der Waals surface area contributed by atoms with E-state index >= 15 is 0 Å². The smallest absolute Gasteiger partial charge is 0.229 e. The van der Waals surface area contributed by atoms with Crippen molar-refractivity contribution in [2.45, 2.75) is 32.3 Å². The Kier molecular flexibility index (Phi) is 4.55. The van der Waals surface area contributed by atoms with Gasteiger partial charge in [-0.1, -0.05) is 35.9 Å². The summed E-state index contributed by atoms with van der Waals surface area (Å²) in [4.78, 5) is 9.54. The van der Waals surface area contributed by atoms with Gasteiger partial charge in [0.2, 0.25) is 5.95 Å². The second kappa shape index (κ2) is 7.00. The van der Waals surface area contributed by atoms with Crippen molar-refractivity contribution < 1.29 is 0 Å². The Labute approximate surface area is 158 Å². The lowest BCUT2D eigenvalue weighted by atomic mass is 10.1. The van der Waals surface area contributed by atoms with Gasteiger partial charge in [-0.05, 0) is 44.0 Å². The molecule has 2 N–H and O–H groups in total. The molecule has 0 bridgehead atoms. The Morgan fingerprint density at radius 2 is 1.65 bits per heavy atom. The van der Waals surface area contributed by atoms with E-state index in [-0.39, 0.29) is 0 Å². The van der Waals surface area contributed by atoms with Crippen LogP contribution in [0, 0.1) is 20.8 Å². The van der Waals surface area contributed by atoms with Crippen LogP contribution in [0.1, 0.15) is 27.9 Å². The maximum Gasteiger partial charge on any atom is 0.229 e. The molecule has 0 radical (unpaired) electrons. The normalized spacial score (nSPS) is 12.7. The Bertz CT molecular complexity index is 968. The minimum atomic E-state index is 0.646. The van der Waals surface area contributed by atoms with Gasteiger partial charge in [-0.2, -0.15) is 16.7 Å². The number of thioether (sulfide) groups is 1. The molecule has 4 rings (SSSR count). The third kappa shape index (κ3) is 3.40.